The van der Waals surface area contributed by atoms with Crippen molar-refractivity contribution in [1.29, 1.82) is 0 Å². The SMILES string of the molecule is CC1(C)CC(=O)C2(C(=O)C1)c1ccccc1CC2/C=C/CCOC(=O)c1ccccc1. The van der Waals surface area contributed by atoms with Gasteiger partial charge in [0, 0.05) is 18.8 Å². The quantitative estimate of drug-likeness (QED) is 0.302. The summed E-state index contributed by atoms with van der Waals surface area (Å²) in [6.07, 6.45) is 5.96. The Balaban J connectivity index is 1.49. The number of ketones is 2. The lowest BCUT2D eigenvalue weighted by Crippen LogP contribution is -2.53. The minimum atomic E-state index is -1.07. The van der Waals surface area contributed by atoms with Crippen molar-refractivity contribution in [2.24, 2.45) is 11.3 Å². The molecule has 0 amide bonds. The molecule has 1 spiro atoms. The van der Waals surface area contributed by atoms with Crippen LogP contribution in [-0.2, 0) is 26.2 Å². The molecule has 2 aliphatic carbocycles. The molecule has 0 N–H and O–H groups in total. The van der Waals surface area contributed by atoms with Crippen LogP contribution in [0.25, 0.3) is 0 Å². The summed E-state index contributed by atoms with van der Waals surface area (Å²) < 4.78 is 5.34. The number of fused-ring (bicyclic) bond motifs is 2. The summed E-state index contributed by atoms with van der Waals surface area (Å²) in [6.45, 7) is 4.23. The highest BCUT2D eigenvalue weighted by atomic mass is 16.5. The lowest BCUT2D eigenvalue weighted by atomic mass is 9.58. The molecule has 0 bridgehead atoms. The molecule has 0 heterocycles. The minimum Gasteiger partial charge on any atom is -0.462 e. The van der Waals surface area contributed by atoms with Gasteiger partial charge in [-0.2, -0.15) is 0 Å². The molecule has 0 saturated heterocycles. The Hall–Kier alpha value is -3.01. The Morgan fingerprint density at radius 1 is 1.00 bits per heavy atom. The van der Waals surface area contributed by atoms with Crippen molar-refractivity contribution in [3.8, 4) is 0 Å². The fourth-order valence-corrected chi connectivity index (χ4v) is 5.10. The van der Waals surface area contributed by atoms with Gasteiger partial charge >= 0.3 is 5.97 Å². The number of allylic oxidation sites excluding steroid dienone is 1. The highest BCUT2D eigenvalue weighted by molar-refractivity contribution is 6.16. The first-order valence-corrected chi connectivity index (χ1v) is 10.9. The van der Waals surface area contributed by atoms with E-state index in [4.69, 9.17) is 4.74 Å². The van der Waals surface area contributed by atoms with Gasteiger partial charge in [0.05, 0.1) is 12.2 Å². The molecule has 2 aliphatic rings. The molecular formula is C27H28O4. The maximum atomic E-state index is 13.4. The van der Waals surface area contributed by atoms with Crippen molar-refractivity contribution in [1.82, 2.24) is 0 Å². The van der Waals surface area contributed by atoms with Crippen molar-refractivity contribution in [3.63, 3.8) is 0 Å². The van der Waals surface area contributed by atoms with E-state index in [0.29, 0.717) is 31.2 Å². The molecular weight excluding hydrogens is 388 g/mol. The van der Waals surface area contributed by atoms with Crippen molar-refractivity contribution in [2.75, 3.05) is 6.61 Å². The van der Waals surface area contributed by atoms with E-state index in [1.807, 2.05) is 56.3 Å². The summed E-state index contributed by atoms with van der Waals surface area (Å²) in [5.74, 6) is -0.475. The second-order valence-electron chi connectivity index (χ2n) is 9.36. The van der Waals surface area contributed by atoms with Crippen LogP contribution in [0.15, 0.2) is 66.7 Å². The molecule has 1 fully saturated rings. The highest BCUT2D eigenvalue weighted by Crippen LogP contribution is 2.52. The van der Waals surface area contributed by atoms with Gasteiger partial charge in [-0.05, 0) is 41.5 Å². The topological polar surface area (TPSA) is 60.4 Å². The van der Waals surface area contributed by atoms with Gasteiger partial charge in [-0.3, -0.25) is 9.59 Å². The lowest BCUT2D eigenvalue weighted by molar-refractivity contribution is -0.143. The Kier molecular flexibility index (Phi) is 5.65. The molecule has 4 rings (SSSR count). The summed E-state index contributed by atoms with van der Waals surface area (Å²) in [5, 5.41) is 0. The molecule has 0 aliphatic heterocycles. The number of benzene rings is 2. The Morgan fingerprint density at radius 3 is 2.35 bits per heavy atom. The van der Waals surface area contributed by atoms with Crippen molar-refractivity contribution in [3.05, 3.63) is 83.4 Å². The third kappa shape index (κ3) is 3.87. The molecule has 1 atom stereocenters. The van der Waals surface area contributed by atoms with Crippen LogP contribution >= 0.6 is 0 Å². The van der Waals surface area contributed by atoms with Crippen LogP contribution in [0.5, 0.6) is 0 Å². The zero-order valence-corrected chi connectivity index (χ0v) is 18.1. The zero-order chi connectivity index (χ0) is 22.1. The van der Waals surface area contributed by atoms with Gasteiger partial charge in [-0.25, -0.2) is 4.79 Å². The van der Waals surface area contributed by atoms with Crippen LogP contribution in [0, 0.1) is 11.3 Å². The molecule has 1 saturated carbocycles. The van der Waals surface area contributed by atoms with Gasteiger partial charge < -0.3 is 4.74 Å². The monoisotopic (exact) mass is 416 g/mol. The van der Waals surface area contributed by atoms with Crippen LogP contribution in [0.1, 0.15) is 54.6 Å². The lowest BCUT2D eigenvalue weighted by Gasteiger charge is -2.41. The molecule has 31 heavy (non-hydrogen) atoms. The summed E-state index contributed by atoms with van der Waals surface area (Å²) in [6, 6.07) is 16.7. The third-order valence-corrected chi connectivity index (χ3v) is 6.49. The standard InChI is InChI=1S/C27H28O4/c1-26(2)17-23(28)27(24(29)18-26)21(16-20-12-6-7-14-22(20)27)13-8-9-15-31-25(30)19-10-4-3-5-11-19/h3-8,10-14,21H,9,15-18H2,1-2H3/b13-8+. The fraction of sp³-hybridized carbons (Fsp3) is 0.370. The smallest absolute Gasteiger partial charge is 0.338 e. The van der Waals surface area contributed by atoms with Crippen LogP contribution in [0.4, 0.5) is 0 Å². The third-order valence-electron chi connectivity index (χ3n) is 6.49. The minimum absolute atomic E-state index is 0.0313. The van der Waals surface area contributed by atoms with Gasteiger partial charge in [-0.1, -0.05) is 68.5 Å². The predicted octanol–water partition coefficient (Wildman–Crippen LogP) is 4.86. The molecule has 2 aromatic carbocycles. The van der Waals surface area contributed by atoms with Gasteiger partial charge in [-0.15, -0.1) is 0 Å². The molecule has 4 heteroatoms. The van der Waals surface area contributed by atoms with Gasteiger partial charge in [0.1, 0.15) is 5.41 Å². The summed E-state index contributed by atoms with van der Waals surface area (Å²) in [7, 11) is 0. The van der Waals surface area contributed by atoms with Crippen molar-refractivity contribution < 1.29 is 19.1 Å². The molecule has 160 valence electrons. The first-order valence-electron chi connectivity index (χ1n) is 10.9. The largest absolute Gasteiger partial charge is 0.462 e. The number of hydrogen-bond acceptors (Lipinski definition) is 4. The van der Waals surface area contributed by atoms with E-state index in [-0.39, 0.29) is 35.5 Å². The fourth-order valence-electron chi connectivity index (χ4n) is 5.10. The van der Waals surface area contributed by atoms with Crippen molar-refractivity contribution >= 4 is 17.5 Å². The number of hydrogen-bond donors (Lipinski definition) is 0. The number of carbonyl (C=O) groups is 3. The normalized spacial score (nSPS) is 21.4. The molecule has 4 nitrogen and oxygen atoms in total. The maximum Gasteiger partial charge on any atom is 0.338 e. The van der Waals surface area contributed by atoms with Crippen LogP contribution in [0.3, 0.4) is 0 Å². The van der Waals surface area contributed by atoms with E-state index in [2.05, 4.69) is 0 Å². The van der Waals surface area contributed by atoms with Crippen LogP contribution in [0.2, 0.25) is 0 Å². The zero-order valence-electron chi connectivity index (χ0n) is 18.1. The van der Waals surface area contributed by atoms with Gasteiger partial charge in [0.15, 0.2) is 11.6 Å². The molecule has 0 aromatic heterocycles. The number of esters is 1. The number of ether oxygens (including phenoxy) is 1. The van der Waals surface area contributed by atoms with E-state index < -0.39 is 5.41 Å². The number of rotatable bonds is 5. The summed E-state index contributed by atoms with van der Waals surface area (Å²) >= 11 is 0. The maximum absolute atomic E-state index is 13.4. The van der Waals surface area contributed by atoms with E-state index >= 15 is 0 Å². The first kappa shape index (κ1) is 21.2. The average Bonchev–Trinajstić information content (AvgIpc) is 3.07. The average molecular weight is 417 g/mol. The van der Waals surface area contributed by atoms with Crippen LogP contribution in [-0.4, -0.2) is 24.1 Å². The van der Waals surface area contributed by atoms with E-state index in [1.165, 1.54) is 0 Å². The second-order valence-corrected chi connectivity index (χ2v) is 9.36. The second kappa shape index (κ2) is 8.26. The highest BCUT2D eigenvalue weighted by Gasteiger charge is 2.59. The van der Waals surface area contributed by atoms with Crippen LogP contribution < -0.4 is 0 Å². The van der Waals surface area contributed by atoms with Gasteiger partial charge in [0.2, 0.25) is 0 Å². The van der Waals surface area contributed by atoms with Crippen molar-refractivity contribution in [2.45, 2.75) is 44.9 Å². The Bertz CT molecular complexity index is 1010. The number of Topliss-reactive ketones (excluding diaryl/α,β-unsaturated/α-hetero) is 2. The predicted molar refractivity (Wildman–Crippen MR) is 119 cm³/mol. The Morgan fingerprint density at radius 2 is 1.65 bits per heavy atom. The van der Waals surface area contributed by atoms with E-state index in [0.717, 1.165) is 11.1 Å². The van der Waals surface area contributed by atoms with E-state index in [9.17, 15) is 14.4 Å². The summed E-state index contributed by atoms with van der Waals surface area (Å²) in [4.78, 5) is 38.9. The molecule has 1 unspecified atom stereocenters. The first-order chi connectivity index (χ1) is 14.8. The molecule has 0 radical (unpaired) electrons. The molecule has 2 aromatic rings. The Labute approximate surface area is 183 Å². The number of carbonyl (C=O) groups excluding carboxylic acids is 3. The summed E-state index contributed by atoms with van der Waals surface area (Å²) in [5.41, 5.74) is 1.12. The van der Waals surface area contributed by atoms with E-state index in [1.54, 1.807) is 24.3 Å². The van der Waals surface area contributed by atoms with Gasteiger partial charge in [0.25, 0.3) is 0 Å².